The van der Waals surface area contributed by atoms with Crippen molar-refractivity contribution in [3.63, 3.8) is 0 Å². The van der Waals surface area contributed by atoms with Gasteiger partial charge in [-0.3, -0.25) is 4.79 Å². The zero-order valence-electron chi connectivity index (χ0n) is 27.0. The third-order valence-electron chi connectivity index (χ3n) is 14.2. The molecule has 0 aromatic carbocycles. The average Bonchev–Trinajstić information content (AvgIpc) is 2.91. The van der Waals surface area contributed by atoms with Gasteiger partial charge >= 0.3 is 5.97 Å². The van der Waals surface area contributed by atoms with Crippen LogP contribution >= 0.6 is 0 Å². The SMILES string of the molecule is C[C@H]1O[C@@H](OC2CC[C@@]3(C)C(CC[C@@]4(C)C5=C(CCC34)C3CC(C)(C)CC[C@]3(C(=O)O)CC5)C2(C)C)[C@H](O)[C@H](O)[C@@H]1O. The molecule has 6 aliphatic rings. The fourth-order valence-corrected chi connectivity index (χ4v) is 11.8. The van der Waals surface area contributed by atoms with Crippen LogP contribution in [0.15, 0.2) is 11.1 Å². The van der Waals surface area contributed by atoms with Crippen LogP contribution in [-0.2, 0) is 14.3 Å². The Labute approximate surface area is 252 Å². The molecule has 6 rings (SSSR count). The second-order valence-corrected chi connectivity index (χ2v) is 17.2. The lowest BCUT2D eigenvalue weighted by atomic mass is 9.38. The van der Waals surface area contributed by atoms with Gasteiger partial charge in [-0.25, -0.2) is 0 Å². The van der Waals surface area contributed by atoms with Crippen LogP contribution in [0.2, 0.25) is 0 Å². The first-order chi connectivity index (χ1) is 19.5. The lowest BCUT2D eigenvalue weighted by molar-refractivity contribution is -0.323. The van der Waals surface area contributed by atoms with Crippen LogP contribution in [-0.4, -0.2) is 63.2 Å². The smallest absolute Gasteiger partial charge is 0.310 e. The molecule has 12 atom stereocenters. The summed E-state index contributed by atoms with van der Waals surface area (Å²) in [6.07, 6.45) is 5.38. The van der Waals surface area contributed by atoms with Crippen LogP contribution in [0.4, 0.5) is 0 Å². The molecule has 4 N–H and O–H groups in total. The number of carbonyl (C=O) groups is 1. The number of carboxylic acids is 1. The van der Waals surface area contributed by atoms with Crippen molar-refractivity contribution < 1.29 is 34.7 Å². The molecule has 1 aliphatic heterocycles. The van der Waals surface area contributed by atoms with Gasteiger partial charge in [0.1, 0.15) is 18.3 Å². The topological polar surface area (TPSA) is 116 Å². The highest BCUT2D eigenvalue weighted by atomic mass is 16.7. The summed E-state index contributed by atoms with van der Waals surface area (Å²) in [5.41, 5.74) is 2.83. The standard InChI is InChI=1S/C35H56O7/c1-19-26(36)27(37)28(38)29(41-19)42-25-12-14-34(7)23(32(25,4)5)11-13-33(6)21-10-15-35(30(39)40)17-16-31(2,3)18-22(35)20(21)8-9-24(33)34/h19,22-29,36-38H,8-18H2,1-7H3,(H,39,40)/t19-,22?,23?,24?,25?,26-,27-,28-,29+,33+,34+,35-/m1/s1. The second kappa shape index (κ2) is 10.0. The van der Waals surface area contributed by atoms with E-state index in [4.69, 9.17) is 9.47 Å². The highest BCUT2D eigenvalue weighted by Crippen LogP contribution is 2.71. The molecule has 0 amide bonds. The Hall–Kier alpha value is -0.990. The molecule has 0 bridgehead atoms. The number of aliphatic carboxylic acids is 1. The molecular formula is C35H56O7. The number of aliphatic hydroxyl groups is 3. The maximum atomic E-state index is 12.8. The molecule has 3 saturated carbocycles. The van der Waals surface area contributed by atoms with Gasteiger partial charge in [-0.15, -0.1) is 0 Å². The fraction of sp³-hybridized carbons (Fsp3) is 0.914. The zero-order valence-corrected chi connectivity index (χ0v) is 27.0. The monoisotopic (exact) mass is 588 g/mol. The Morgan fingerprint density at radius 3 is 2.24 bits per heavy atom. The summed E-state index contributed by atoms with van der Waals surface area (Å²) >= 11 is 0. The van der Waals surface area contributed by atoms with Gasteiger partial charge in [0.05, 0.1) is 17.6 Å². The minimum atomic E-state index is -1.29. The highest BCUT2D eigenvalue weighted by molar-refractivity contribution is 5.76. The second-order valence-electron chi connectivity index (χ2n) is 17.2. The molecular weight excluding hydrogens is 532 g/mol. The first kappa shape index (κ1) is 31.0. The van der Waals surface area contributed by atoms with E-state index in [-0.39, 0.29) is 33.7 Å². The van der Waals surface area contributed by atoms with Crippen molar-refractivity contribution in [2.75, 3.05) is 0 Å². The number of ether oxygens (including phenoxy) is 2. The molecule has 42 heavy (non-hydrogen) atoms. The molecule has 7 nitrogen and oxygen atoms in total. The van der Waals surface area contributed by atoms with Gasteiger partial charge in [0, 0.05) is 0 Å². The number of allylic oxidation sites excluding steroid dienone is 2. The lowest BCUT2D eigenvalue weighted by Crippen LogP contribution is -2.63. The van der Waals surface area contributed by atoms with Gasteiger partial charge in [-0.05, 0) is 117 Å². The van der Waals surface area contributed by atoms with Gasteiger partial charge in [0.15, 0.2) is 6.29 Å². The molecule has 0 aromatic rings. The van der Waals surface area contributed by atoms with E-state index in [9.17, 15) is 25.2 Å². The maximum absolute atomic E-state index is 12.8. The normalized spacial score (nSPS) is 51.5. The molecule has 5 aliphatic carbocycles. The Morgan fingerprint density at radius 1 is 0.833 bits per heavy atom. The summed E-state index contributed by atoms with van der Waals surface area (Å²) in [7, 11) is 0. The van der Waals surface area contributed by atoms with E-state index in [1.54, 1.807) is 12.5 Å². The van der Waals surface area contributed by atoms with Crippen molar-refractivity contribution in [3.8, 4) is 0 Å². The highest BCUT2D eigenvalue weighted by Gasteiger charge is 2.65. The Morgan fingerprint density at radius 2 is 1.55 bits per heavy atom. The summed E-state index contributed by atoms with van der Waals surface area (Å²) in [5.74, 6) is 0.587. The largest absolute Gasteiger partial charge is 0.481 e. The van der Waals surface area contributed by atoms with Crippen LogP contribution in [0.1, 0.15) is 119 Å². The number of fused-ring (bicyclic) bond motifs is 6. The quantitative estimate of drug-likeness (QED) is 0.242. The molecule has 0 aromatic heterocycles. The number of carboxylic acid groups (broad SMARTS) is 1. The van der Waals surface area contributed by atoms with Crippen LogP contribution in [0.3, 0.4) is 0 Å². The Bertz CT molecular complexity index is 1130. The summed E-state index contributed by atoms with van der Waals surface area (Å²) in [6, 6.07) is 0. The minimum Gasteiger partial charge on any atom is -0.481 e. The lowest BCUT2D eigenvalue weighted by Gasteiger charge is -2.67. The van der Waals surface area contributed by atoms with Gasteiger partial charge in [-0.2, -0.15) is 0 Å². The van der Waals surface area contributed by atoms with Gasteiger partial charge in [0.2, 0.25) is 0 Å². The van der Waals surface area contributed by atoms with E-state index in [1.807, 2.05) is 0 Å². The van der Waals surface area contributed by atoms with Crippen molar-refractivity contribution in [3.05, 3.63) is 11.1 Å². The first-order valence-corrected chi connectivity index (χ1v) is 16.8. The van der Waals surface area contributed by atoms with E-state index >= 15 is 0 Å². The van der Waals surface area contributed by atoms with Gasteiger partial charge in [-0.1, -0.05) is 52.7 Å². The van der Waals surface area contributed by atoms with E-state index in [0.29, 0.717) is 11.8 Å². The summed E-state index contributed by atoms with van der Waals surface area (Å²) in [5, 5.41) is 41.8. The predicted octanol–water partition coefficient (Wildman–Crippen LogP) is 5.84. The van der Waals surface area contributed by atoms with Crippen molar-refractivity contribution in [2.24, 2.45) is 44.8 Å². The van der Waals surface area contributed by atoms with Crippen molar-refractivity contribution in [1.82, 2.24) is 0 Å². The zero-order chi connectivity index (χ0) is 30.6. The maximum Gasteiger partial charge on any atom is 0.310 e. The van der Waals surface area contributed by atoms with Crippen LogP contribution in [0.5, 0.6) is 0 Å². The predicted molar refractivity (Wildman–Crippen MR) is 159 cm³/mol. The van der Waals surface area contributed by atoms with E-state index < -0.39 is 42.1 Å². The van der Waals surface area contributed by atoms with Crippen LogP contribution < -0.4 is 0 Å². The average molecular weight is 589 g/mol. The van der Waals surface area contributed by atoms with Crippen LogP contribution in [0, 0.1) is 44.8 Å². The van der Waals surface area contributed by atoms with Crippen molar-refractivity contribution in [1.29, 1.82) is 0 Å². The molecule has 238 valence electrons. The third-order valence-corrected chi connectivity index (χ3v) is 14.2. The number of aliphatic hydroxyl groups excluding tert-OH is 3. The first-order valence-electron chi connectivity index (χ1n) is 16.8. The molecule has 4 fully saturated rings. The molecule has 0 spiro atoms. The van der Waals surface area contributed by atoms with Gasteiger partial charge < -0.3 is 29.9 Å². The molecule has 0 radical (unpaired) electrons. The Kier molecular flexibility index (Phi) is 7.39. The van der Waals surface area contributed by atoms with Crippen molar-refractivity contribution >= 4 is 5.97 Å². The van der Waals surface area contributed by atoms with E-state index in [2.05, 4.69) is 41.5 Å². The minimum absolute atomic E-state index is 0.104. The molecule has 4 unspecified atom stereocenters. The van der Waals surface area contributed by atoms with E-state index in [0.717, 1.165) is 70.6 Å². The summed E-state index contributed by atoms with van der Waals surface area (Å²) in [4.78, 5) is 12.8. The Balaban J connectivity index is 1.27. The molecule has 7 heteroatoms. The number of hydrogen-bond donors (Lipinski definition) is 4. The summed E-state index contributed by atoms with van der Waals surface area (Å²) in [6.45, 7) is 16.0. The van der Waals surface area contributed by atoms with Gasteiger partial charge in [0.25, 0.3) is 0 Å². The fourth-order valence-electron chi connectivity index (χ4n) is 11.8. The van der Waals surface area contributed by atoms with E-state index in [1.165, 1.54) is 5.57 Å². The summed E-state index contributed by atoms with van der Waals surface area (Å²) < 4.78 is 12.3. The third kappa shape index (κ3) is 4.34. The molecule has 1 saturated heterocycles. The molecule has 1 heterocycles. The van der Waals surface area contributed by atoms with Crippen LogP contribution in [0.25, 0.3) is 0 Å². The van der Waals surface area contributed by atoms with Crippen molar-refractivity contribution in [2.45, 2.75) is 156 Å². The number of hydrogen-bond acceptors (Lipinski definition) is 6. The number of rotatable bonds is 3.